The number of nitrogens with zero attached hydrogens (tertiary/aromatic N) is 2. The fourth-order valence-electron chi connectivity index (χ4n) is 2.64. The lowest BCUT2D eigenvalue weighted by Crippen LogP contribution is -1.95. The van der Waals surface area contributed by atoms with Gasteiger partial charge in [-0.1, -0.05) is 41.9 Å². The zero-order valence-corrected chi connectivity index (χ0v) is 12.7. The van der Waals surface area contributed by atoms with E-state index in [-0.39, 0.29) is 5.02 Å². The summed E-state index contributed by atoms with van der Waals surface area (Å²) in [7, 11) is 0. The lowest BCUT2D eigenvalue weighted by atomic mass is 10.1. The summed E-state index contributed by atoms with van der Waals surface area (Å²) in [5, 5.41) is 4.16. The number of nitrogens with one attached hydrogen (secondary N) is 1. The maximum absolute atomic E-state index is 13.6. The van der Waals surface area contributed by atoms with E-state index >= 15 is 0 Å². The normalized spacial score (nSPS) is 11.0. The van der Waals surface area contributed by atoms with Gasteiger partial charge in [0.15, 0.2) is 0 Å². The maximum Gasteiger partial charge on any atom is 0.143 e. The van der Waals surface area contributed by atoms with Gasteiger partial charge in [-0.05, 0) is 35.4 Å². The highest BCUT2D eigenvalue weighted by molar-refractivity contribution is 6.30. The van der Waals surface area contributed by atoms with Crippen LogP contribution in [0, 0.1) is 5.82 Å². The van der Waals surface area contributed by atoms with Crippen LogP contribution in [0.3, 0.4) is 0 Å². The molecule has 1 N–H and O–H groups in total. The van der Waals surface area contributed by atoms with E-state index in [0.717, 1.165) is 22.0 Å². The average Bonchev–Trinajstić information content (AvgIpc) is 2.74. The molecule has 0 saturated carbocycles. The summed E-state index contributed by atoms with van der Waals surface area (Å²) < 4.78 is 13.6. The Hall–Kier alpha value is -2.72. The average molecular weight is 324 g/mol. The molecule has 5 heteroatoms. The molecule has 23 heavy (non-hydrogen) atoms. The summed E-state index contributed by atoms with van der Waals surface area (Å²) >= 11 is 5.73. The van der Waals surface area contributed by atoms with Crippen LogP contribution in [-0.2, 0) is 0 Å². The highest BCUT2D eigenvalue weighted by Crippen LogP contribution is 2.36. The van der Waals surface area contributed by atoms with E-state index in [9.17, 15) is 4.39 Å². The van der Waals surface area contributed by atoms with E-state index < -0.39 is 5.82 Å². The Morgan fingerprint density at radius 1 is 0.957 bits per heavy atom. The van der Waals surface area contributed by atoms with Crippen molar-refractivity contribution in [1.82, 2.24) is 9.97 Å². The van der Waals surface area contributed by atoms with Crippen LogP contribution in [0.2, 0.25) is 5.02 Å². The number of fused-ring (bicyclic) bond motifs is 3. The van der Waals surface area contributed by atoms with E-state index in [2.05, 4.69) is 15.3 Å². The minimum atomic E-state index is -0.472. The molecular weight excluding hydrogens is 313 g/mol. The number of hydrogen-bond acceptors (Lipinski definition) is 3. The van der Waals surface area contributed by atoms with E-state index in [4.69, 9.17) is 11.6 Å². The minimum absolute atomic E-state index is 0.0918. The van der Waals surface area contributed by atoms with Crippen LogP contribution in [0.1, 0.15) is 0 Å². The summed E-state index contributed by atoms with van der Waals surface area (Å²) in [6.45, 7) is 0. The van der Waals surface area contributed by atoms with Crippen LogP contribution in [0.15, 0.2) is 60.9 Å². The van der Waals surface area contributed by atoms with Gasteiger partial charge >= 0.3 is 0 Å². The zero-order chi connectivity index (χ0) is 15.8. The van der Waals surface area contributed by atoms with Crippen molar-refractivity contribution in [3.8, 4) is 11.1 Å². The van der Waals surface area contributed by atoms with Crippen LogP contribution in [-0.4, -0.2) is 9.97 Å². The van der Waals surface area contributed by atoms with Gasteiger partial charge in [0.2, 0.25) is 0 Å². The molecule has 4 rings (SSSR count). The van der Waals surface area contributed by atoms with Crippen molar-refractivity contribution < 1.29 is 4.39 Å². The molecule has 1 heterocycles. The van der Waals surface area contributed by atoms with Crippen LogP contribution >= 0.6 is 11.6 Å². The third-order valence-electron chi connectivity index (χ3n) is 3.69. The standard InChI is InChI=1S/C18H11ClFN3/c19-14-7-6-12(9-15(14)20)23-18-17-13-5-3-1-2-4-11(13)8-16(17)21-10-22-18/h1-10H,(H,21,22,23). The molecule has 112 valence electrons. The van der Waals surface area contributed by atoms with Crippen LogP contribution < -0.4 is 5.32 Å². The molecule has 0 amide bonds. The number of hydrogen-bond donors (Lipinski definition) is 1. The Bertz CT molecular complexity index is 987. The summed E-state index contributed by atoms with van der Waals surface area (Å²) in [6, 6.07) is 16.6. The molecule has 0 saturated heterocycles. The number of anilines is 2. The van der Waals surface area contributed by atoms with Crippen LogP contribution in [0.4, 0.5) is 15.9 Å². The molecule has 2 aliphatic carbocycles. The molecule has 3 nitrogen and oxygen atoms in total. The first-order valence-corrected chi connectivity index (χ1v) is 7.45. The maximum atomic E-state index is 13.6. The van der Waals surface area contributed by atoms with Gasteiger partial charge in [0.05, 0.1) is 15.9 Å². The predicted octanol–water partition coefficient (Wildman–Crippen LogP) is 5.27. The first-order valence-electron chi connectivity index (χ1n) is 7.07. The number of halogens is 2. The molecule has 2 aliphatic rings. The third-order valence-corrected chi connectivity index (χ3v) is 4.00. The van der Waals surface area contributed by atoms with Gasteiger partial charge in [0.1, 0.15) is 18.0 Å². The van der Waals surface area contributed by atoms with E-state index in [0.29, 0.717) is 11.5 Å². The fourth-order valence-corrected chi connectivity index (χ4v) is 2.76. The van der Waals surface area contributed by atoms with Crippen LogP contribution in [0.5, 0.6) is 0 Å². The Morgan fingerprint density at radius 3 is 2.70 bits per heavy atom. The lowest BCUT2D eigenvalue weighted by Gasteiger charge is -2.08. The highest BCUT2D eigenvalue weighted by atomic mass is 35.5. The molecule has 0 fully saturated rings. The van der Waals surface area contributed by atoms with Crippen molar-refractivity contribution in [2.45, 2.75) is 0 Å². The van der Waals surface area contributed by atoms with Gasteiger partial charge in [0, 0.05) is 5.69 Å². The molecule has 0 unspecified atom stereocenters. The first-order chi connectivity index (χ1) is 11.2. The first kappa shape index (κ1) is 13.9. The molecule has 0 aliphatic heterocycles. The Balaban J connectivity index is 1.87. The predicted molar refractivity (Wildman–Crippen MR) is 90.9 cm³/mol. The quantitative estimate of drug-likeness (QED) is 0.546. The minimum Gasteiger partial charge on any atom is -0.340 e. The van der Waals surface area contributed by atoms with Crippen LogP contribution in [0.25, 0.3) is 22.0 Å². The topological polar surface area (TPSA) is 37.8 Å². The summed E-state index contributed by atoms with van der Waals surface area (Å²) in [4.78, 5) is 8.65. The summed E-state index contributed by atoms with van der Waals surface area (Å²) in [5.41, 5.74) is 3.55. The van der Waals surface area contributed by atoms with Gasteiger partial charge in [0.25, 0.3) is 0 Å². The molecule has 0 atom stereocenters. The van der Waals surface area contributed by atoms with Gasteiger partial charge in [-0.3, -0.25) is 0 Å². The number of benzene rings is 1. The van der Waals surface area contributed by atoms with Gasteiger partial charge in [-0.25, -0.2) is 14.4 Å². The molecule has 0 spiro atoms. The smallest absolute Gasteiger partial charge is 0.143 e. The second-order valence-electron chi connectivity index (χ2n) is 5.16. The number of rotatable bonds is 2. The van der Waals surface area contributed by atoms with Gasteiger partial charge < -0.3 is 5.32 Å². The Morgan fingerprint density at radius 2 is 1.83 bits per heavy atom. The monoisotopic (exact) mass is 323 g/mol. The Kier molecular flexibility index (Phi) is 3.32. The van der Waals surface area contributed by atoms with Crippen molar-refractivity contribution in [2.75, 3.05) is 5.32 Å². The number of aromatic nitrogens is 2. The summed E-state index contributed by atoms with van der Waals surface area (Å²) in [6.07, 6.45) is 1.50. The lowest BCUT2D eigenvalue weighted by molar-refractivity contribution is 0.629. The van der Waals surface area contributed by atoms with E-state index in [1.807, 2.05) is 36.4 Å². The molecule has 0 bridgehead atoms. The highest BCUT2D eigenvalue weighted by Gasteiger charge is 2.14. The molecule has 1 aromatic carbocycles. The summed E-state index contributed by atoms with van der Waals surface area (Å²) in [5.74, 6) is 0.165. The van der Waals surface area contributed by atoms with Gasteiger partial charge in [-0.2, -0.15) is 0 Å². The largest absolute Gasteiger partial charge is 0.340 e. The third kappa shape index (κ3) is 2.47. The zero-order valence-electron chi connectivity index (χ0n) is 11.9. The molecule has 1 aromatic heterocycles. The SMILES string of the molecule is Fc1cc(Nc2ncnc3cc4cccccc-4c23)ccc1Cl. The van der Waals surface area contributed by atoms with Crippen molar-refractivity contribution in [3.05, 3.63) is 71.8 Å². The molecular formula is C18H11ClFN3. The fraction of sp³-hybridized carbons (Fsp3) is 0. The van der Waals surface area contributed by atoms with E-state index in [1.54, 1.807) is 6.07 Å². The second-order valence-corrected chi connectivity index (χ2v) is 5.57. The van der Waals surface area contributed by atoms with Crippen molar-refractivity contribution in [1.29, 1.82) is 0 Å². The van der Waals surface area contributed by atoms with Crippen molar-refractivity contribution >= 4 is 34.0 Å². The molecule has 2 aromatic rings. The second kappa shape index (κ2) is 5.48. The van der Waals surface area contributed by atoms with Crippen molar-refractivity contribution in [3.63, 3.8) is 0 Å². The Labute approximate surface area is 137 Å². The molecule has 0 radical (unpaired) electrons. The van der Waals surface area contributed by atoms with E-state index in [1.165, 1.54) is 18.5 Å². The van der Waals surface area contributed by atoms with Gasteiger partial charge in [-0.15, -0.1) is 0 Å². The van der Waals surface area contributed by atoms with Crippen molar-refractivity contribution in [2.24, 2.45) is 0 Å².